The summed E-state index contributed by atoms with van der Waals surface area (Å²) in [6, 6.07) is 124. The molecular formula is C114H59N9O5. The van der Waals surface area contributed by atoms with Gasteiger partial charge in [-0.15, -0.1) is 0 Å². The van der Waals surface area contributed by atoms with Crippen molar-refractivity contribution in [2.75, 3.05) is 0 Å². The normalized spacial score (nSPS) is 12.5. The van der Waals surface area contributed by atoms with Crippen LogP contribution in [0.25, 0.3) is 303 Å². The molecular weight excluding hydrogens is 1580 g/mol. The van der Waals surface area contributed by atoms with Crippen LogP contribution >= 0.6 is 0 Å². The molecule has 0 unspecified atom stereocenters. The quantitative estimate of drug-likeness (QED) is 0.156. The Hall–Kier alpha value is -17.6. The molecule has 590 valence electrons. The number of hydrogen-bond donors (Lipinski definition) is 0. The SMILES string of the molecule is c1ccc(-c2nc3ccccc3nc2-n2c3ccc4oc5cccc6c7cccc8oc9ccc2c(c9c87)c3c4c56)cc1.c1ccc(-c2nc3ccccc3nc2-n2c3cccc4c5cccc6oc7ccc8oc9ccc2c(c9c8c7c65)c43)cc1.c1ccc(-c2nc3ccccc3nc2-n2c3cccc4c5cccc6oc7cccc(c8cccc2c8c43)c7c65)cc1. The Bertz CT molecular complexity index is 10100. The second-order valence-corrected chi connectivity index (χ2v) is 33.6. The maximum Gasteiger partial charge on any atom is 0.165 e. The summed E-state index contributed by atoms with van der Waals surface area (Å²) in [5.41, 5.74) is 26.1. The Morgan fingerprint density at radius 3 is 0.633 bits per heavy atom. The van der Waals surface area contributed by atoms with Crippen molar-refractivity contribution in [3.63, 3.8) is 0 Å². The highest BCUT2D eigenvalue weighted by Crippen LogP contribution is 2.55. The lowest BCUT2D eigenvalue weighted by Crippen LogP contribution is -2.03. The third-order valence-corrected chi connectivity index (χ3v) is 27.0. The van der Waals surface area contributed by atoms with Gasteiger partial charge in [-0.3, -0.25) is 13.7 Å². The van der Waals surface area contributed by atoms with Gasteiger partial charge < -0.3 is 22.1 Å². The van der Waals surface area contributed by atoms with Crippen molar-refractivity contribution in [3.05, 3.63) is 358 Å². The zero-order chi connectivity index (χ0) is 83.0. The van der Waals surface area contributed by atoms with Crippen molar-refractivity contribution in [1.82, 2.24) is 43.6 Å². The predicted molar refractivity (Wildman–Crippen MR) is 520 cm³/mol. The number of nitrogens with zero attached hydrogens (tertiary/aromatic N) is 9. The third kappa shape index (κ3) is 9.06. The first-order valence-electron chi connectivity index (χ1n) is 43.0. The van der Waals surface area contributed by atoms with Crippen LogP contribution in [0.2, 0.25) is 0 Å². The monoisotopic (exact) mass is 1630 g/mol. The van der Waals surface area contributed by atoms with Crippen molar-refractivity contribution in [2.24, 2.45) is 0 Å². The van der Waals surface area contributed by atoms with Gasteiger partial charge in [0, 0.05) is 103 Å². The van der Waals surface area contributed by atoms with Gasteiger partial charge in [0.05, 0.1) is 66.2 Å². The van der Waals surface area contributed by atoms with Gasteiger partial charge in [0.15, 0.2) is 17.5 Å². The zero-order valence-electron chi connectivity index (χ0n) is 67.6. The van der Waals surface area contributed by atoms with E-state index in [1.54, 1.807) is 0 Å². The van der Waals surface area contributed by atoms with Crippen LogP contribution in [-0.2, 0) is 0 Å². The molecule has 14 heteroatoms. The van der Waals surface area contributed by atoms with Gasteiger partial charge in [0.1, 0.15) is 72.9 Å². The molecule has 0 fully saturated rings. The summed E-state index contributed by atoms with van der Waals surface area (Å²) in [5, 5.41) is 27.8. The lowest BCUT2D eigenvalue weighted by atomic mass is 9.95. The van der Waals surface area contributed by atoms with Crippen molar-refractivity contribution < 1.29 is 22.1 Å². The average Bonchev–Trinajstić information content (AvgIpc) is 1.53. The molecule has 32 aromatic rings. The van der Waals surface area contributed by atoms with E-state index >= 15 is 0 Å². The molecule has 0 bridgehead atoms. The Morgan fingerprint density at radius 1 is 0.141 bits per heavy atom. The molecule has 0 atom stereocenters. The van der Waals surface area contributed by atoms with Gasteiger partial charge in [0.25, 0.3) is 0 Å². The predicted octanol–water partition coefficient (Wildman–Crippen LogP) is 30.5. The molecule has 0 aliphatic heterocycles. The van der Waals surface area contributed by atoms with Gasteiger partial charge in [-0.05, 0) is 177 Å². The zero-order valence-corrected chi connectivity index (χ0v) is 67.6. The van der Waals surface area contributed by atoms with Crippen LogP contribution in [0, 0.1) is 0 Å². The molecule has 0 aliphatic rings. The van der Waals surface area contributed by atoms with Crippen LogP contribution in [0.4, 0.5) is 0 Å². The number of benzene rings is 18. The van der Waals surface area contributed by atoms with Crippen molar-refractivity contribution in [2.45, 2.75) is 0 Å². The lowest BCUT2D eigenvalue weighted by Gasteiger charge is -2.13. The Kier molecular flexibility index (Phi) is 13.3. The van der Waals surface area contributed by atoms with Crippen molar-refractivity contribution >= 4 is 251 Å². The van der Waals surface area contributed by atoms with E-state index in [1.807, 2.05) is 103 Å². The fraction of sp³-hybridized carbons (Fsp3) is 0. The molecule has 0 N–H and O–H groups in total. The van der Waals surface area contributed by atoms with E-state index in [9.17, 15) is 0 Å². The van der Waals surface area contributed by atoms with E-state index in [-0.39, 0.29) is 0 Å². The smallest absolute Gasteiger partial charge is 0.165 e. The largest absolute Gasteiger partial charge is 0.456 e. The highest BCUT2D eigenvalue weighted by atomic mass is 16.3. The number of rotatable bonds is 6. The van der Waals surface area contributed by atoms with E-state index in [0.29, 0.717) is 0 Å². The van der Waals surface area contributed by atoms with Crippen LogP contribution in [-0.4, -0.2) is 43.6 Å². The van der Waals surface area contributed by atoms with Gasteiger partial charge in [-0.25, -0.2) is 29.9 Å². The molecule has 0 aliphatic carbocycles. The van der Waals surface area contributed by atoms with E-state index in [2.05, 4.69) is 268 Å². The summed E-state index contributed by atoms with van der Waals surface area (Å²) in [6.45, 7) is 0. The van der Waals surface area contributed by atoms with E-state index < -0.39 is 0 Å². The van der Waals surface area contributed by atoms with Gasteiger partial charge in [-0.1, -0.05) is 224 Å². The highest BCUT2D eigenvalue weighted by molar-refractivity contribution is 6.44. The minimum atomic E-state index is 0.795. The van der Waals surface area contributed by atoms with Crippen LogP contribution in [0.3, 0.4) is 0 Å². The van der Waals surface area contributed by atoms with E-state index in [4.69, 9.17) is 52.0 Å². The molecule has 128 heavy (non-hydrogen) atoms. The first-order valence-corrected chi connectivity index (χ1v) is 43.0. The summed E-state index contributed by atoms with van der Waals surface area (Å²) in [6.07, 6.45) is 0. The van der Waals surface area contributed by atoms with Gasteiger partial charge in [-0.2, -0.15) is 0 Å². The standard InChI is InChI=1S/2C38H19N3O2.C38H21N3O/c1-2-8-20(9-3-1)37-38(40-24-13-5-4-12-23(24)39-37)41-25-16-18-29-35-31-21(10-6-14-27(31)42-29)22-11-7-15-28-32(22)36-30(43-28)19-17-26(41)34(36)33(25)35;1-2-8-20(9-3-1)37-38(40-24-13-5-4-12-23(24)39-37)41-25-14-6-10-21-22-11-7-15-27-32(22)34-29(42-27)18-19-30-36(34)35-28(43-30)17-16-26(41)33(35)31(21)25;1-2-10-22(11-3-1)37-38(40-28-17-5-4-16-27(28)39-37)41-29-18-6-12-23-25-14-8-20-31-35(25)36-26(15-9-21-32(36)42-31)24-13-7-19-30(41)34(24)33(23)29/h2*1-19H;1-21H. The Morgan fingerprint density at radius 2 is 0.336 bits per heavy atom. The maximum absolute atomic E-state index is 6.54. The van der Waals surface area contributed by atoms with E-state index in [1.165, 1.54) is 53.9 Å². The number of hydrogen-bond acceptors (Lipinski definition) is 11. The fourth-order valence-electron chi connectivity index (χ4n) is 21.9. The molecule has 11 heterocycles. The molecule has 0 radical (unpaired) electrons. The number of aromatic nitrogens is 9. The molecule has 0 saturated carbocycles. The first kappa shape index (κ1) is 68.0. The van der Waals surface area contributed by atoms with Crippen LogP contribution < -0.4 is 0 Å². The Balaban J connectivity index is 0.0000000932. The summed E-state index contributed by atoms with van der Waals surface area (Å²) in [5.74, 6) is 2.43. The van der Waals surface area contributed by atoms with Crippen LogP contribution in [0.1, 0.15) is 0 Å². The first-order chi connectivity index (χ1) is 63.5. The second kappa shape index (κ2) is 25.1. The third-order valence-electron chi connectivity index (χ3n) is 27.0. The van der Waals surface area contributed by atoms with E-state index in [0.717, 1.165) is 249 Å². The number of para-hydroxylation sites is 6. The molecule has 21 aromatic carbocycles. The van der Waals surface area contributed by atoms with Crippen LogP contribution in [0.15, 0.2) is 380 Å². The molecule has 0 amide bonds. The second-order valence-electron chi connectivity index (χ2n) is 33.6. The average molecular weight is 1630 g/mol. The molecule has 14 nitrogen and oxygen atoms in total. The minimum absolute atomic E-state index is 0.795. The minimum Gasteiger partial charge on any atom is -0.456 e. The summed E-state index contributed by atoms with van der Waals surface area (Å²) in [4.78, 5) is 31.6. The highest BCUT2D eigenvalue weighted by Gasteiger charge is 2.32. The molecule has 32 rings (SSSR count). The molecule has 0 saturated heterocycles. The summed E-state index contributed by atoms with van der Waals surface area (Å²) >= 11 is 0. The summed E-state index contributed by atoms with van der Waals surface area (Å²) < 4.78 is 39.4. The maximum atomic E-state index is 6.54. The molecule has 11 aromatic heterocycles. The van der Waals surface area contributed by atoms with Crippen LogP contribution in [0.5, 0.6) is 0 Å². The van der Waals surface area contributed by atoms with Gasteiger partial charge in [0.2, 0.25) is 0 Å². The number of furan rings is 5. The van der Waals surface area contributed by atoms with Crippen molar-refractivity contribution in [3.8, 4) is 51.2 Å². The summed E-state index contributed by atoms with van der Waals surface area (Å²) in [7, 11) is 0. The Labute approximate surface area is 721 Å². The topological polar surface area (TPSA) is 158 Å². The lowest BCUT2D eigenvalue weighted by molar-refractivity contribution is 0.663. The van der Waals surface area contributed by atoms with Crippen molar-refractivity contribution in [1.29, 1.82) is 0 Å². The fourth-order valence-corrected chi connectivity index (χ4v) is 21.9. The number of fused-ring (bicyclic) bond motifs is 7. The molecule has 0 spiro atoms. The van der Waals surface area contributed by atoms with Gasteiger partial charge >= 0.3 is 0 Å².